The van der Waals surface area contributed by atoms with Gasteiger partial charge in [-0.15, -0.1) is 0 Å². The Morgan fingerprint density at radius 3 is 2.57 bits per heavy atom. The van der Waals surface area contributed by atoms with Gasteiger partial charge in [-0.3, -0.25) is 4.79 Å². The number of benzene rings is 1. The SMILES string of the molecule is C[C@@H](CCc1ccccc1)C(=O)CO. The highest BCUT2D eigenvalue weighted by molar-refractivity contribution is 5.81. The van der Waals surface area contributed by atoms with E-state index in [9.17, 15) is 4.79 Å². The van der Waals surface area contributed by atoms with Crippen molar-refractivity contribution in [2.75, 3.05) is 6.61 Å². The Labute approximate surface area is 84.6 Å². The Hall–Kier alpha value is -1.15. The molecule has 2 nitrogen and oxygen atoms in total. The average Bonchev–Trinajstić information content (AvgIpc) is 2.26. The Morgan fingerprint density at radius 1 is 1.36 bits per heavy atom. The lowest BCUT2D eigenvalue weighted by atomic mass is 9.98. The molecular formula is C12H16O2. The number of hydrogen-bond acceptors (Lipinski definition) is 2. The van der Waals surface area contributed by atoms with Crippen molar-refractivity contribution in [2.24, 2.45) is 5.92 Å². The second kappa shape index (κ2) is 5.55. The molecule has 0 unspecified atom stereocenters. The largest absolute Gasteiger partial charge is 0.389 e. The quantitative estimate of drug-likeness (QED) is 0.772. The lowest BCUT2D eigenvalue weighted by molar-refractivity contribution is -0.125. The number of aliphatic hydroxyl groups excluding tert-OH is 1. The molecule has 1 rings (SSSR count). The molecule has 0 fully saturated rings. The number of rotatable bonds is 5. The van der Waals surface area contributed by atoms with Crippen molar-refractivity contribution < 1.29 is 9.90 Å². The first kappa shape index (κ1) is 10.9. The minimum Gasteiger partial charge on any atom is -0.389 e. The van der Waals surface area contributed by atoms with Gasteiger partial charge in [0.15, 0.2) is 5.78 Å². The maximum Gasteiger partial charge on any atom is 0.160 e. The maximum atomic E-state index is 11.1. The third-order valence-electron chi connectivity index (χ3n) is 2.41. The fourth-order valence-electron chi connectivity index (χ4n) is 1.34. The molecule has 0 heterocycles. The van der Waals surface area contributed by atoms with Crippen LogP contribution in [0, 0.1) is 5.92 Å². The van der Waals surface area contributed by atoms with Crippen LogP contribution in [0.4, 0.5) is 0 Å². The van der Waals surface area contributed by atoms with E-state index < -0.39 is 0 Å². The van der Waals surface area contributed by atoms with Gasteiger partial charge in [0.1, 0.15) is 6.61 Å². The van der Waals surface area contributed by atoms with Crippen LogP contribution in [-0.2, 0) is 11.2 Å². The lowest BCUT2D eigenvalue weighted by Gasteiger charge is -2.07. The first-order valence-corrected chi connectivity index (χ1v) is 4.91. The van der Waals surface area contributed by atoms with Crippen LogP contribution in [0.1, 0.15) is 18.9 Å². The minimum atomic E-state index is -0.337. The average molecular weight is 192 g/mol. The van der Waals surface area contributed by atoms with E-state index in [2.05, 4.69) is 12.1 Å². The van der Waals surface area contributed by atoms with E-state index >= 15 is 0 Å². The van der Waals surface area contributed by atoms with Gasteiger partial charge in [0, 0.05) is 5.92 Å². The Kier molecular flexibility index (Phi) is 4.33. The van der Waals surface area contributed by atoms with E-state index in [4.69, 9.17) is 5.11 Å². The monoisotopic (exact) mass is 192 g/mol. The highest BCUT2D eigenvalue weighted by atomic mass is 16.3. The Balaban J connectivity index is 2.38. The van der Waals surface area contributed by atoms with E-state index in [1.54, 1.807) is 0 Å². The van der Waals surface area contributed by atoms with Gasteiger partial charge < -0.3 is 5.11 Å². The van der Waals surface area contributed by atoms with Gasteiger partial charge >= 0.3 is 0 Å². The highest BCUT2D eigenvalue weighted by Crippen LogP contribution is 2.09. The number of aliphatic hydroxyl groups is 1. The van der Waals surface area contributed by atoms with Crippen LogP contribution in [0.25, 0.3) is 0 Å². The zero-order valence-corrected chi connectivity index (χ0v) is 8.44. The number of hydrogen-bond donors (Lipinski definition) is 1. The van der Waals surface area contributed by atoms with Crippen molar-refractivity contribution >= 4 is 5.78 Å². The predicted molar refractivity (Wildman–Crippen MR) is 56.0 cm³/mol. The first-order valence-electron chi connectivity index (χ1n) is 4.91. The van der Waals surface area contributed by atoms with Crippen molar-refractivity contribution in [1.82, 2.24) is 0 Å². The number of carbonyl (C=O) groups excluding carboxylic acids is 1. The summed E-state index contributed by atoms with van der Waals surface area (Å²) in [7, 11) is 0. The molecule has 0 bridgehead atoms. The summed E-state index contributed by atoms with van der Waals surface area (Å²) in [5.74, 6) is -0.110. The molecule has 76 valence electrons. The molecule has 2 heteroatoms. The van der Waals surface area contributed by atoms with Crippen LogP contribution in [0.2, 0.25) is 0 Å². The molecule has 0 aromatic heterocycles. The molecule has 0 aliphatic rings. The molecule has 14 heavy (non-hydrogen) atoms. The second-order valence-corrected chi connectivity index (χ2v) is 3.55. The van der Waals surface area contributed by atoms with Gasteiger partial charge in [-0.1, -0.05) is 37.3 Å². The number of Topliss-reactive ketones (excluding diaryl/α,β-unsaturated/α-hetero) is 1. The van der Waals surface area contributed by atoms with Gasteiger partial charge in [-0.05, 0) is 18.4 Å². The fourth-order valence-corrected chi connectivity index (χ4v) is 1.34. The van der Waals surface area contributed by atoms with Crippen LogP contribution < -0.4 is 0 Å². The molecular weight excluding hydrogens is 176 g/mol. The summed E-state index contributed by atoms with van der Waals surface area (Å²) in [6, 6.07) is 10.1. The van der Waals surface area contributed by atoms with Gasteiger partial charge in [0.25, 0.3) is 0 Å². The summed E-state index contributed by atoms with van der Waals surface area (Å²) in [6.45, 7) is 1.53. The normalized spacial score (nSPS) is 12.4. The van der Waals surface area contributed by atoms with Crippen molar-refractivity contribution in [2.45, 2.75) is 19.8 Å². The van der Waals surface area contributed by atoms with Crippen molar-refractivity contribution in [3.05, 3.63) is 35.9 Å². The topological polar surface area (TPSA) is 37.3 Å². The molecule has 0 saturated carbocycles. The lowest BCUT2D eigenvalue weighted by Crippen LogP contribution is -2.15. The predicted octanol–water partition coefficient (Wildman–Crippen LogP) is 1.82. The smallest absolute Gasteiger partial charge is 0.160 e. The molecule has 0 amide bonds. The summed E-state index contributed by atoms with van der Waals surface area (Å²) in [5, 5.41) is 8.65. The standard InChI is InChI=1S/C12H16O2/c1-10(12(14)9-13)7-8-11-5-3-2-4-6-11/h2-6,10,13H,7-9H2,1H3/t10-/m0/s1. The van der Waals surface area contributed by atoms with E-state index in [1.165, 1.54) is 5.56 Å². The second-order valence-electron chi connectivity index (χ2n) is 3.55. The van der Waals surface area contributed by atoms with E-state index in [1.807, 2.05) is 25.1 Å². The molecule has 0 aliphatic heterocycles. The van der Waals surface area contributed by atoms with Gasteiger partial charge in [-0.25, -0.2) is 0 Å². The molecule has 0 radical (unpaired) electrons. The summed E-state index contributed by atoms with van der Waals surface area (Å²) in [6.07, 6.45) is 1.71. The number of aryl methyl sites for hydroxylation is 1. The van der Waals surface area contributed by atoms with E-state index in [0.717, 1.165) is 12.8 Å². The van der Waals surface area contributed by atoms with Crippen LogP contribution in [0.15, 0.2) is 30.3 Å². The van der Waals surface area contributed by atoms with Crippen LogP contribution in [0.5, 0.6) is 0 Å². The van der Waals surface area contributed by atoms with Crippen molar-refractivity contribution in [3.8, 4) is 0 Å². The minimum absolute atomic E-state index is 0.0415. The summed E-state index contributed by atoms with van der Waals surface area (Å²) < 4.78 is 0. The van der Waals surface area contributed by atoms with E-state index in [-0.39, 0.29) is 18.3 Å². The van der Waals surface area contributed by atoms with Crippen LogP contribution >= 0.6 is 0 Å². The number of carbonyl (C=O) groups is 1. The van der Waals surface area contributed by atoms with Gasteiger partial charge in [-0.2, -0.15) is 0 Å². The summed E-state index contributed by atoms with van der Waals surface area (Å²) >= 11 is 0. The first-order chi connectivity index (χ1) is 6.74. The molecule has 1 aromatic carbocycles. The van der Waals surface area contributed by atoms with Crippen LogP contribution in [0.3, 0.4) is 0 Å². The molecule has 1 N–H and O–H groups in total. The van der Waals surface area contributed by atoms with Crippen molar-refractivity contribution in [1.29, 1.82) is 0 Å². The van der Waals surface area contributed by atoms with E-state index in [0.29, 0.717) is 0 Å². The third-order valence-corrected chi connectivity index (χ3v) is 2.41. The van der Waals surface area contributed by atoms with Gasteiger partial charge in [0.2, 0.25) is 0 Å². The van der Waals surface area contributed by atoms with Crippen LogP contribution in [-0.4, -0.2) is 17.5 Å². The van der Waals surface area contributed by atoms with Gasteiger partial charge in [0.05, 0.1) is 0 Å². The third kappa shape index (κ3) is 3.30. The molecule has 1 aromatic rings. The maximum absolute atomic E-state index is 11.1. The Bertz CT molecular complexity index is 280. The number of ketones is 1. The van der Waals surface area contributed by atoms with Crippen molar-refractivity contribution in [3.63, 3.8) is 0 Å². The fraction of sp³-hybridized carbons (Fsp3) is 0.417. The summed E-state index contributed by atoms with van der Waals surface area (Å²) in [5.41, 5.74) is 1.24. The molecule has 0 spiro atoms. The molecule has 1 atom stereocenters. The zero-order chi connectivity index (χ0) is 10.4. The summed E-state index contributed by atoms with van der Waals surface area (Å²) in [4.78, 5) is 11.1. The molecule has 0 saturated heterocycles. The molecule has 0 aliphatic carbocycles. The highest BCUT2D eigenvalue weighted by Gasteiger charge is 2.10. The Morgan fingerprint density at radius 2 is 2.00 bits per heavy atom. The zero-order valence-electron chi connectivity index (χ0n) is 8.44.